The SMILES string of the molecule is C[N+]12CC3([N+](=O)[O-])CC1C(Br)C([N+](=O)[O-])(C3)C2. The molecule has 0 N–H and O–H groups in total. The number of likely N-dealkylation sites (N-methyl/N-ethyl adjacent to an activating group) is 1. The first-order valence-corrected chi connectivity index (χ1v) is 6.45. The van der Waals surface area contributed by atoms with Crippen LogP contribution in [0.5, 0.6) is 0 Å². The molecule has 17 heavy (non-hydrogen) atoms. The molecule has 3 heterocycles. The first kappa shape index (κ1) is 11.3. The molecular weight excluding hydrogens is 294 g/mol. The second-order valence-corrected chi connectivity index (χ2v) is 6.97. The number of quaternary nitrogens is 1. The number of nitrogens with zero attached hydrogens (tertiary/aromatic N) is 3. The summed E-state index contributed by atoms with van der Waals surface area (Å²) < 4.78 is 0.470. The van der Waals surface area contributed by atoms with E-state index in [1.165, 1.54) is 0 Å². The van der Waals surface area contributed by atoms with Crippen molar-refractivity contribution in [1.82, 2.24) is 0 Å². The second-order valence-electron chi connectivity index (χ2n) is 5.99. The zero-order valence-corrected chi connectivity index (χ0v) is 10.9. The third kappa shape index (κ3) is 1.06. The topological polar surface area (TPSA) is 86.3 Å². The fraction of sp³-hybridized carbons (Fsp3) is 1.00. The molecule has 0 spiro atoms. The van der Waals surface area contributed by atoms with Gasteiger partial charge in [-0.25, -0.2) is 0 Å². The van der Waals surface area contributed by atoms with Gasteiger partial charge in [0.15, 0.2) is 13.1 Å². The molecule has 4 aliphatic rings. The smallest absolute Gasteiger partial charge is 0.294 e. The number of nitro groups is 2. The predicted octanol–water partition coefficient (Wildman–Crippen LogP) is 0.417. The number of rotatable bonds is 2. The summed E-state index contributed by atoms with van der Waals surface area (Å²) >= 11 is 3.43. The van der Waals surface area contributed by atoms with Crippen molar-refractivity contribution in [3.63, 3.8) is 0 Å². The normalized spacial score (nSPS) is 55.2. The van der Waals surface area contributed by atoms with Crippen molar-refractivity contribution in [1.29, 1.82) is 0 Å². The van der Waals surface area contributed by atoms with Gasteiger partial charge in [-0.05, 0) is 0 Å². The van der Waals surface area contributed by atoms with E-state index in [-0.39, 0.29) is 27.1 Å². The molecule has 1 aliphatic carbocycles. The Morgan fingerprint density at radius 1 is 1.29 bits per heavy atom. The van der Waals surface area contributed by atoms with Crippen LogP contribution < -0.4 is 0 Å². The van der Waals surface area contributed by atoms with Gasteiger partial charge in [0.2, 0.25) is 0 Å². The lowest BCUT2D eigenvalue weighted by molar-refractivity contribution is -0.928. The van der Waals surface area contributed by atoms with Crippen molar-refractivity contribution >= 4 is 15.9 Å². The molecule has 5 atom stereocenters. The van der Waals surface area contributed by atoms with E-state index >= 15 is 0 Å². The highest BCUT2D eigenvalue weighted by Crippen LogP contribution is 2.58. The molecule has 1 saturated carbocycles. The number of halogens is 1. The Balaban J connectivity index is 2.13. The first-order valence-electron chi connectivity index (χ1n) is 5.53. The molecule has 3 saturated heterocycles. The molecule has 4 bridgehead atoms. The van der Waals surface area contributed by atoms with E-state index in [2.05, 4.69) is 15.9 Å². The minimum absolute atomic E-state index is 0.000417. The summed E-state index contributed by atoms with van der Waals surface area (Å²) in [7, 11) is 1.91. The fourth-order valence-corrected chi connectivity index (χ4v) is 5.63. The Morgan fingerprint density at radius 2 is 1.94 bits per heavy atom. The van der Waals surface area contributed by atoms with Crippen LogP contribution in [0.25, 0.3) is 0 Å². The Bertz CT molecular complexity index is 446. The van der Waals surface area contributed by atoms with E-state index in [1.54, 1.807) is 0 Å². The summed E-state index contributed by atoms with van der Waals surface area (Å²) in [5.41, 5.74) is -2.22. The van der Waals surface area contributed by atoms with Crippen LogP contribution >= 0.6 is 15.9 Å². The van der Waals surface area contributed by atoms with Crippen molar-refractivity contribution in [3.05, 3.63) is 20.2 Å². The number of alkyl halides is 1. The van der Waals surface area contributed by atoms with Crippen LogP contribution in [0.2, 0.25) is 0 Å². The molecule has 0 radical (unpaired) electrons. The quantitative estimate of drug-likeness (QED) is 0.320. The Hall–Kier alpha value is -0.760. The maximum absolute atomic E-state index is 11.4. The van der Waals surface area contributed by atoms with Crippen molar-refractivity contribution in [2.24, 2.45) is 0 Å². The summed E-state index contributed by atoms with van der Waals surface area (Å²) in [6.07, 6.45) is 0.530. The molecule has 3 aliphatic heterocycles. The van der Waals surface area contributed by atoms with Gasteiger partial charge in [0.25, 0.3) is 11.1 Å². The van der Waals surface area contributed by atoms with E-state index in [0.29, 0.717) is 24.0 Å². The standard InChI is InChI=1S/C9H13BrN3O4/c1-13-4-8(11(14)15)2-6(13)7(10)9(3-8,5-13)12(16)17/h6-7H,2-5H2,1H3/q+1. The van der Waals surface area contributed by atoms with Gasteiger partial charge in [-0.2, -0.15) is 0 Å². The zero-order valence-electron chi connectivity index (χ0n) is 9.34. The molecule has 0 aromatic rings. The van der Waals surface area contributed by atoms with E-state index in [1.807, 2.05) is 7.05 Å². The summed E-state index contributed by atoms with van der Waals surface area (Å²) in [6.45, 7) is 0.846. The van der Waals surface area contributed by atoms with Crippen LogP contribution in [-0.4, -0.2) is 56.4 Å². The Kier molecular flexibility index (Phi) is 1.87. The summed E-state index contributed by atoms with van der Waals surface area (Å²) in [4.78, 5) is 21.8. The third-order valence-electron chi connectivity index (χ3n) is 4.92. The lowest BCUT2D eigenvalue weighted by Crippen LogP contribution is -2.64. The van der Waals surface area contributed by atoms with E-state index in [0.717, 1.165) is 0 Å². The highest BCUT2D eigenvalue weighted by atomic mass is 79.9. The summed E-state index contributed by atoms with van der Waals surface area (Å²) in [5, 5.41) is 22.6. The molecule has 4 fully saturated rings. The molecule has 8 heteroatoms. The lowest BCUT2D eigenvalue weighted by atomic mass is 9.73. The molecule has 5 unspecified atom stereocenters. The van der Waals surface area contributed by atoms with Crippen LogP contribution in [0.3, 0.4) is 0 Å². The van der Waals surface area contributed by atoms with Crippen LogP contribution in [0, 0.1) is 20.2 Å². The van der Waals surface area contributed by atoms with Crippen molar-refractivity contribution in [2.45, 2.75) is 34.8 Å². The van der Waals surface area contributed by atoms with E-state index in [4.69, 9.17) is 0 Å². The Labute approximate surface area is 106 Å². The van der Waals surface area contributed by atoms with Crippen molar-refractivity contribution in [2.75, 3.05) is 20.1 Å². The maximum atomic E-state index is 11.4. The van der Waals surface area contributed by atoms with Gasteiger partial charge in [0.1, 0.15) is 17.3 Å². The monoisotopic (exact) mass is 306 g/mol. The van der Waals surface area contributed by atoms with Crippen molar-refractivity contribution in [3.8, 4) is 0 Å². The maximum Gasteiger partial charge on any atom is 0.294 e. The summed E-state index contributed by atoms with van der Waals surface area (Å²) in [5.74, 6) is 0. The highest BCUT2D eigenvalue weighted by Gasteiger charge is 2.84. The number of hydrogen-bond acceptors (Lipinski definition) is 4. The minimum Gasteiger partial charge on any atom is -0.310 e. The molecular formula is C9H13BrN3O4+. The van der Waals surface area contributed by atoms with Gasteiger partial charge >= 0.3 is 0 Å². The predicted molar refractivity (Wildman–Crippen MR) is 61.1 cm³/mol. The van der Waals surface area contributed by atoms with Crippen LogP contribution in [0.15, 0.2) is 0 Å². The van der Waals surface area contributed by atoms with Gasteiger partial charge in [-0.1, -0.05) is 15.9 Å². The van der Waals surface area contributed by atoms with E-state index in [9.17, 15) is 20.2 Å². The molecule has 0 amide bonds. The van der Waals surface area contributed by atoms with Gasteiger partial charge in [-0.3, -0.25) is 20.2 Å². The zero-order chi connectivity index (χ0) is 12.6. The van der Waals surface area contributed by atoms with Gasteiger partial charge in [0, 0.05) is 9.85 Å². The van der Waals surface area contributed by atoms with Gasteiger partial charge < -0.3 is 4.48 Å². The second kappa shape index (κ2) is 2.80. The molecule has 4 rings (SSSR count). The molecule has 0 aromatic carbocycles. The van der Waals surface area contributed by atoms with E-state index < -0.39 is 11.1 Å². The average molecular weight is 307 g/mol. The number of hydrogen-bond donors (Lipinski definition) is 0. The minimum atomic E-state index is -1.15. The molecule has 0 aromatic heterocycles. The van der Waals surface area contributed by atoms with Crippen LogP contribution in [-0.2, 0) is 0 Å². The molecule has 7 nitrogen and oxygen atoms in total. The van der Waals surface area contributed by atoms with Crippen LogP contribution in [0.4, 0.5) is 0 Å². The van der Waals surface area contributed by atoms with Crippen LogP contribution in [0.1, 0.15) is 12.8 Å². The highest BCUT2D eigenvalue weighted by molar-refractivity contribution is 9.09. The first-order chi connectivity index (χ1) is 7.76. The largest absolute Gasteiger partial charge is 0.310 e. The fourth-order valence-electron chi connectivity index (χ4n) is 4.40. The third-order valence-corrected chi connectivity index (χ3v) is 6.38. The van der Waals surface area contributed by atoms with Gasteiger partial charge in [-0.15, -0.1) is 0 Å². The average Bonchev–Trinajstić information content (AvgIpc) is 2.51. The lowest BCUT2D eigenvalue weighted by Gasteiger charge is -2.35. The molecule has 94 valence electrons. The van der Waals surface area contributed by atoms with Gasteiger partial charge in [0.05, 0.1) is 13.5 Å². The number of piperidine rings is 1. The van der Waals surface area contributed by atoms with Crippen molar-refractivity contribution < 1.29 is 14.3 Å². The Morgan fingerprint density at radius 3 is 2.41 bits per heavy atom. The summed E-state index contributed by atoms with van der Waals surface area (Å²) in [6, 6.07) is -0.000417.